The Morgan fingerprint density at radius 2 is 1.76 bits per heavy atom. The average molecular weight is 330 g/mol. The van der Waals surface area contributed by atoms with E-state index in [1.54, 1.807) is 12.1 Å². The van der Waals surface area contributed by atoms with Gasteiger partial charge in [0, 0.05) is 16.8 Å². The van der Waals surface area contributed by atoms with E-state index >= 15 is 0 Å². The number of benzene rings is 2. The quantitative estimate of drug-likeness (QED) is 0.602. The standard InChI is InChI=1S/C20H18N4O/c1-12-13(2)23-19-10-15(7-8-18(19)22-12)20(25)21-11-16-9-14-5-3-4-6-17(14)24-16/h3-10,24H,11H2,1-2H3,(H,21,25). The molecule has 0 radical (unpaired) electrons. The molecular weight excluding hydrogens is 312 g/mol. The van der Waals surface area contributed by atoms with Crippen LogP contribution in [-0.4, -0.2) is 20.9 Å². The van der Waals surface area contributed by atoms with E-state index in [4.69, 9.17) is 0 Å². The summed E-state index contributed by atoms with van der Waals surface area (Å²) in [7, 11) is 0. The Kier molecular flexibility index (Phi) is 3.69. The van der Waals surface area contributed by atoms with Gasteiger partial charge in [0.15, 0.2) is 0 Å². The van der Waals surface area contributed by atoms with E-state index in [1.807, 2.05) is 50.2 Å². The second kappa shape index (κ2) is 6.02. The maximum Gasteiger partial charge on any atom is 0.251 e. The van der Waals surface area contributed by atoms with Crippen molar-refractivity contribution in [1.29, 1.82) is 0 Å². The van der Waals surface area contributed by atoms with Crippen molar-refractivity contribution < 1.29 is 4.79 Å². The Balaban J connectivity index is 1.54. The number of amides is 1. The molecule has 0 fully saturated rings. The second-order valence-corrected chi connectivity index (χ2v) is 6.16. The smallest absolute Gasteiger partial charge is 0.251 e. The van der Waals surface area contributed by atoms with Crippen molar-refractivity contribution in [3.05, 3.63) is 71.2 Å². The number of hydrogen-bond donors (Lipinski definition) is 2. The summed E-state index contributed by atoms with van der Waals surface area (Å²) in [6, 6.07) is 15.5. The molecule has 5 heteroatoms. The van der Waals surface area contributed by atoms with Gasteiger partial charge in [0.1, 0.15) is 0 Å². The summed E-state index contributed by atoms with van der Waals surface area (Å²) in [5, 5.41) is 4.09. The molecule has 0 aliphatic carbocycles. The number of para-hydroxylation sites is 1. The number of fused-ring (bicyclic) bond motifs is 2. The van der Waals surface area contributed by atoms with Crippen LogP contribution in [0.5, 0.6) is 0 Å². The molecule has 1 amide bonds. The number of nitrogens with one attached hydrogen (secondary N) is 2. The largest absolute Gasteiger partial charge is 0.357 e. The van der Waals surface area contributed by atoms with Crippen molar-refractivity contribution in [2.75, 3.05) is 0 Å². The summed E-state index contributed by atoms with van der Waals surface area (Å²) in [6.07, 6.45) is 0. The molecule has 2 N–H and O–H groups in total. The maximum atomic E-state index is 12.5. The normalized spacial score (nSPS) is 11.1. The van der Waals surface area contributed by atoms with Crippen LogP contribution in [0.3, 0.4) is 0 Å². The lowest BCUT2D eigenvalue weighted by Crippen LogP contribution is -2.22. The highest BCUT2D eigenvalue weighted by Crippen LogP contribution is 2.16. The maximum absolute atomic E-state index is 12.5. The first-order chi connectivity index (χ1) is 12.1. The minimum atomic E-state index is -0.124. The van der Waals surface area contributed by atoms with Gasteiger partial charge in [-0.2, -0.15) is 0 Å². The van der Waals surface area contributed by atoms with Crippen LogP contribution in [0, 0.1) is 13.8 Å². The van der Waals surface area contributed by atoms with E-state index in [0.717, 1.165) is 39.0 Å². The summed E-state index contributed by atoms with van der Waals surface area (Å²) in [5.41, 5.74) is 5.95. The first-order valence-corrected chi connectivity index (χ1v) is 8.20. The fraction of sp³-hybridized carbons (Fsp3) is 0.150. The van der Waals surface area contributed by atoms with Gasteiger partial charge in [-0.25, -0.2) is 9.97 Å². The molecule has 0 aliphatic rings. The minimum absolute atomic E-state index is 0.124. The van der Waals surface area contributed by atoms with Gasteiger partial charge in [0.05, 0.1) is 29.0 Å². The van der Waals surface area contributed by atoms with E-state index in [-0.39, 0.29) is 5.91 Å². The van der Waals surface area contributed by atoms with Crippen molar-refractivity contribution in [3.8, 4) is 0 Å². The highest BCUT2D eigenvalue weighted by molar-refractivity contribution is 5.97. The Hall–Kier alpha value is -3.21. The number of rotatable bonds is 3. The number of aromatic nitrogens is 3. The van der Waals surface area contributed by atoms with Crippen molar-refractivity contribution in [1.82, 2.24) is 20.3 Å². The lowest BCUT2D eigenvalue weighted by molar-refractivity contribution is 0.0950. The lowest BCUT2D eigenvalue weighted by Gasteiger charge is -2.06. The Morgan fingerprint density at radius 1 is 1.00 bits per heavy atom. The number of H-pyrrole nitrogens is 1. The van der Waals surface area contributed by atoms with Gasteiger partial charge in [0.25, 0.3) is 5.91 Å². The highest BCUT2D eigenvalue weighted by atomic mass is 16.1. The van der Waals surface area contributed by atoms with Crippen LogP contribution in [0.2, 0.25) is 0 Å². The molecule has 0 unspecified atom stereocenters. The van der Waals surface area contributed by atoms with Crippen LogP contribution in [0.1, 0.15) is 27.4 Å². The van der Waals surface area contributed by atoms with Gasteiger partial charge in [0.2, 0.25) is 0 Å². The third-order valence-corrected chi connectivity index (χ3v) is 4.36. The molecule has 4 rings (SSSR count). The van der Waals surface area contributed by atoms with Gasteiger partial charge in [-0.15, -0.1) is 0 Å². The van der Waals surface area contributed by atoms with Crippen molar-refractivity contribution in [2.45, 2.75) is 20.4 Å². The number of carbonyl (C=O) groups excluding carboxylic acids is 1. The number of hydrogen-bond acceptors (Lipinski definition) is 3. The summed E-state index contributed by atoms with van der Waals surface area (Å²) >= 11 is 0. The third kappa shape index (κ3) is 2.96. The van der Waals surface area contributed by atoms with Crippen LogP contribution >= 0.6 is 0 Å². The number of nitrogens with zero attached hydrogens (tertiary/aromatic N) is 2. The van der Waals surface area contributed by atoms with Gasteiger partial charge >= 0.3 is 0 Å². The predicted octanol–water partition coefficient (Wildman–Crippen LogP) is 3.66. The van der Waals surface area contributed by atoms with E-state index < -0.39 is 0 Å². The van der Waals surface area contributed by atoms with Gasteiger partial charge < -0.3 is 10.3 Å². The number of aromatic amines is 1. The zero-order valence-corrected chi connectivity index (χ0v) is 14.1. The van der Waals surface area contributed by atoms with Gasteiger partial charge in [-0.3, -0.25) is 4.79 Å². The molecule has 4 aromatic rings. The predicted molar refractivity (Wildman–Crippen MR) is 98.5 cm³/mol. The van der Waals surface area contributed by atoms with Crippen molar-refractivity contribution in [3.63, 3.8) is 0 Å². The molecule has 124 valence electrons. The van der Waals surface area contributed by atoms with Crippen LogP contribution in [-0.2, 0) is 6.54 Å². The lowest BCUT2D eigenvalue weighted by atomic mass is 10.1. The molecule has 0 atom stereocenters. The Labute approximate surface area is 145 Å². The van der Waals surface area contributed by atoms with Crippen molar-refractivity contribution in [2.24, 2.45) is 0 Å². The zero-order valence-electron chi connectivity index (χ0n) is 14.1. The SMILES string of the molecule is Cc1nc2ccc(C(=O)NCc3cc4ccccc4[nH]3)cc2nc1C. The van der Waals surface area contributed by atoms with E-state index in [9.17, 15) is 4.79 Å². The fourth-order valence-electron chi connectivity index (χ4n) is 2.88. The van der Waals surface area contributed by atoms with Crippen LogP contribution in [0.15, 0.2) is 48.5 Å². The molecule has 2 heterocycles. The molecule has 2 aromatic carbocycles. The summed E-state index contributed by atoms with van der Waals surface area (Å²) in [6.45, 7) is 4.30. The van der Waals surface area contributed by atoms with Crippen LogP contribution < -0.4 is 5.32 Å². The fourth-order valence-corrected chi connectivity index (χ4v) is 2.88. The van der Waals surface area contributed by atoms with E-state index in [1.165, 1.54) is 0 Å². The molecule has 25 heavy (non-hydrogen) atoms. The summed E-state index contributed by atoms with van der Waals surface area (Å²) < 4.78 is 0. The molecule has 0 aliphatic heterocycles. The van der Waals surface area contributed by atoms with E-state index in [2.05, 4.69) is 20.3 Å². The van der Waals surface area contributed by atoms with E-state index in [0.29, 0.717) is 12.1 Å². The average Bonchev–Trinajstić information content (AvgIpc) is 3.03. The van der Waals surface area contributed by atoms with Crippen LogP contribution in [0.25, 0.3) is 21.9 Å². The first-order valence-electron chi connectivity index (χ1n) is 8.20. The zero-order chi connectivity index (χ0) is 17.4. The third-order valence-electron chi connectivity index (χ3n) is 4.36. The van der Waals surface area contributed by atoms with Crippen LogP contribution in [0.4, 0.5) is 0 Å². The molecule has 0 spiro atoms. The molecule has 0 bridgehead atoms. The molecule has 2 aromatic heterocycles. The molecular formula is C20H18N4O. The summed E-state index contributed by atoms with van der Waals surface area (Å²) in [5.74, 6) is -0.124. The Morgan fingerprint density at radius 3 is 2.56 bits per heavy atom. The summed E-state index contributed by atoms with van der Waals surface area (Å²) in [4.78, 5) is 24.8. The van der Waals surface area contributed by atoms with Crippen molar-refractivity contribution >= 4 is 27.8 Å². The van der Waals surface area contributed by atoms with Gasteiger partial charge in [-0.05, 0) is 49.6 Å². The molecule has 0 saturated carbocycles. The minimum Gasteiger partial charge on any atom is -0.357 e. The number of aryl methyl sites for hydroxylation is 2. The molecule has 0 saturated heterocycles. The Bertz CT molecular complexity index is 1060. The number of carbonyl (C=O) groups is 1. The highest BCUT2D eigenvalue weighted by Gasteiger charge is 2.09. The monoisotopic (exact) mass is 330 g/mol. The van der Waals surface area contributed by atoms with Gasteiger partial charge in [-0.1, -0.05) is 18.2 Å². The second-order valence-electron chi connectivity index (χ2n) is 6.16. The first kappa shape index (κ1) is 15.3. The topological polar surface area (TPSA) is 70.7 Å². The molecule has 5 nitrogen and oxygen atoms in total.